The van der Waals surface area contributed by atoms with Gasteiger partial charge >= 0.3 is 0 Å². The summed E-state index contributed by atoms with van der Waals surface area (Å²) in [5, 5.41) is 4.66. The van der Waals surface area contributed by atoms with Gasteiger partial charge in [0, 0.05) is 78.0 Å². The third-order valence-electron chi connectivity index (χ3n) is 9.46. The minimum absolute atomic E-state index is 0.863. The Morgan fingerprint density at radius 2 is 0.840 bits per heavy atom. The SMILES string of the molecule is c1cncc(-c2cccc(-c3ccc4oc5ccc(-c6cccc(-c7ccc8sc9ccc(-c%10cccnc%10)cc9c8c7)n6)cc5c4c3)c2)c1. The van der Waals surface area contributed by atoms with Crippen LogP contribution < -0.4 is 0 Å². The molecule has 4 nitrogen and oxygen atoms in total. The lowest BCUT2D eigenvalue weighted by atomic mass is 9.98. The molecular formula is C45H27N3OS. The highest BCUT2D eigenvalue weighted by atomic mass is 32.1. The number of hydrogen-bond donors (Lipinski definition) is 0. The molecule has 0 saturated carbocycles. The van der Waals surface area contributed by atoms with Crippen LogP contribution in [0.4, 0.5) is 0 Å². The maximum atomic E-state index is 6.29. The van der Waals surface area contributed by atoms with Crippen LogP contribution in [0, 0.1) is 0 Å². The number of hydrogen-bond acceptors (Lipinski definition) is 5. The number of furan rings is 1. The highest BCUT2D eigenvalue weighted by Crippen LogP contribution is 2.39. The van der Waals surface area contributed by atoms with Gasteiger partial charge in [0.05, 0.1) is 11.4 Å². The Labute approximate surface area is 292 Å². The normalized spacial score (nSPS) is 11.6. The Balaban J connectivity index is 1.02. The first-order chi connectivity index (χ1) is 24.7. The molecule has 5 heterocycles. The first-order valence-corrected chi connectivity index (χ1v) is 17.4. The minimum atomic E-state index is 0.863. The van der Waals surface area contributed by atoms with E-state index in [1.54, 1.807) is 6.20 Å². The van der Waals surface area contributed by atoms with Crippen LogP contribution in [0.5, 0.6) is 0 Å². The Morgan fingerprint density at radius 3 is 1.48 bits per heavy atom. The number of rotatable bonds is 5. The van der Waals surface area contributed by atoms with Gasteiger partial charge in [-0.25, -0.2) is 4.98 Å². The second kappa shape index (κ2) is 11.6. The summed E-state index contributed by atoms with van der Waals surface area (Å²) in [4.78, 5) is 13.8. The molecule has 0 spiro atoms. The summed E-state index contributed by atoms with van der Waals surface area (Å²) in [7, 11) is 0. The van der Waals surface area contributed by atoms with Gasteiger partial charge in [-0.05, 0) is 107 Å². The number of thiophene rings is 1. The predicted octanol–water partition coefficient (Wildman–Crippen LogP) is 12.5. The summed E-state index contributed by atoms with van der Waals surface area (Å²) in [5.41, 5.74) is 12.6. The number of benzene rings is 5. The van der Waals surface area contributed by atoms with Gasteiger partial charge < -0.3 is 4.42 Å². The van der Waals surface area contributed by atoms with E-state index in [-0.39, 0.29) is 0 Å². The van der Waals surface area contributed by atoms with E-state index < -0.39 is 0 Å². The van der Waals surface area contributed by atoms with Crippen molar-refractivity contribution in [2.24, 2.45) is 0 Å². The molecule has 10 rings (SSSR count). The zero-order chi connectivity index (χ0) is 33.0. The second-order valence-electron chi connectivity index (χ2n) is 12.5. The third-order valence-corrected chi connectivity index (χ3v) is 10.6. The lowest BCUT2D eigenvalue weighted by Crippen LogP contribution is -1.88. The van der Waals surface area contributed by atoms with E-state index in [2.05, 4.69) is 137 Å². The molecule has 50 heavy (non-hydrogen) atoms. The van der Waals surface area contributed by atoms with Gasteiger partial charge in [-0.15, -0.1) is 11.3 Å². The van der Waals surface area contributed by atoms with Crippen LogP contribution in [0.2, 0.25) is 0 Å². The number of fused-ring (bicyclic) bond motifs is 6. The van der Waals surface area contributed by atoms with Crippen molar-refractivity contribution in [2.45, 2.75) is 0 Å². The van der Waals surface area contributed by atoms with Gasteiger partial charge in [0.2, 0.25) is 0 Å². The van der Waals surface area contributed by atoms with Crippen LogP contribution in [0.3, 0.4) is 0 Å². The topological polar surface area (TPSA) is 51.8 Å². The van der Waals surface area contributed by atoms with Crippen LogP contribution in [0.15, 0.2) is 169 Å². The van der Waals surface area contributed by atoms with E-state index in [9.17, 15) is 0 Å². The van der Waals surface area contributed by atoms with E-state index in [0.29, 0.717) is 0 Å². The van der Waals surface area contributed by atoms with Crippen LogP contribution in [-0.2, 0) is 0 Å². The predicted molar refractivity (Wildman–Crippen MR) is 207 cm³/mol. The Hall–Kier alpha value is -6.43. The van der Waals surface area contributed by atoms with Crippen LogP contribution in [0.25, 0.3) is 98.0 Å². The van der Waals surface area contributed by atoms with Crippen molar-refractivity contribution in [1.29, 1.82) is 0 Å². The molecule has 0 radical (unpaired) electrons. The van der Waals surface area contributed by atoms with E-state index in [1.807, 2.05) is 42.1 Å². The summed E-state index contributed by atoms with van der Waals surface area (Å²) in [5.74, 6) is 0. The van der Waals surface area contributed by atoms with Gasteiger partial charge in [-0.1, -0.05) is 54.6 Å². The van der Waals surface area contributed by atoms with Crippen molar-refractivity contribution in [3.8, 4) is 55.9 Å². The average Bonchev–Trinajstić information content (AvgIpc) is 3.75. The molecule has 234 valence electrons. The quantitative estimate of drug-likeness (QED) is 0.185. The molecule has 0 N–H and O–H groups in total. The molecule has 0 unspecified atom stereocenters. The van der Waals surface area contributed by atoms with Crippen molar-refractivity contribution in [3.05, 3.63) is 164 Å². The zero-order valence-corrected chi connectivity index (χ0v) is 27.6. The lowest BCUT2D eigenvalue weighted by Gasteiger charge is -2.07. The van der Waals surface area contributed by atoms with Crippen LogP contribution >= 0.6 is 11.3 Å². The van der Waals surface area contributed by atoms with E-state index in [0.717, 1.165) is 72.3 Å². The summed E-state index contributed by atoms with van der Waals surface area (Å²) >= 11 is 1.82. The molecule has 0 aliphatic carbocycles. The monoisotopic (exact) mass is 657 g/mol. The maximum absolute atomic E-state index is 6.29. The number of pyridine rings is 3. The van der Waals surface area contributed by atoms with Crippen molar-refractivity contribution in [2.75, 3.05) is 0 Å². The molecule has 0 bridgehead atoms. The molecule has 5 aromatic heterocycles. The van der Waals surface area contributed by atoms with Crippen molar-refractivity contribution < 1.29 is 4.42 Å². The second-order valence-corrected chi connectivity index (χ2v) is 13.6. The minimum Gasteiger partial charge on any atom is -0.456 e. The fourth-order valence-electron chi connectivity index (χ4n) is 6.93. The van der Waals surface area contributed by atoms with Crippen LogP contribution in [-0.4, -0.2) is 15.0 Å². The van der Waals surface area contributed by atoms with Gasteiger partial charge in [0.25, 0.3) is 0 Å². The molecule has 0 atom stereocenters. The highest BCUT2D eigenvalue weighted by Gasteiger charge is 2.14. The third kappa shape index (κ3) is 4.95. The van der Waals surface area contributed by atoms with Gasteiger partial charge in [0.15, 0.2) is 0 Å². The fourth-order valence-corrected chi connectivity index (χ4v) is 8.00. The molecule has 5 heteroatoms. The number of nitrogens with zero attached hydrogens (tertiary/aromatic N) is 3. The smallest absolute Gasteiger partial charge is 0.135 e. The van der Waals surface area contributed by atoms with E-state index in [1.165, 1.54) is 25.7 Å². The van der Waals surface area contributed by atoms with Crippen molar-refractivity contribution in [3.63, 3.8) is 0 Å². The Morgan fingerprint density at radius 1 is 0.380 bits per heavy atom. The maximum Gasteiger partial charge on any atom is 0.135 e. The Kier molecular flexibility index (Phi) is 6.64. The lowest BCUT2D eigenvalue weighted by molar-refractivity contribution is 0.669. The van der Waals surface area contributed by atoms with Crippen molar-refractivity contribution in [1.82, 2.24) is 15.0 Å². The van der Waals surface area contributed by atoms with E-state index >= 15 is 0 Å². The summed E-state index contributed by atoms with van der Waals surface area (Å²) in [6, 6.07) is 49.2. The van der Waals surface area contributed by atoms with Gasteiger partial charge in [-0.3, -0.25) is 9.97 Å². The number of aromatic nitrogens is 3. The highest BCUT2D eigenvalue weighted by molar-refractivity contribution is 7.25. The average molecular weight is 658 g/mol. The molecule has 0 amide bonds. The van der Waals surface area contributed by atoms with Crippen molar-refractivity contribution >= 4 is 53.4 Å². The first-order valence-electron chi connectivity index (χ1n) is 16.6. The molecule has 10 aromatic rings. The molecule has 0 fully saturated rings. The standard InChI is InChI=1S/C45H27N3OS/c1-5-28(21-29(6-1)34-7-3-19-46-26-34)30-11-15-42-36(22-30)37-24-32(12-16-43(37)49-42)40-9-2-10-41(48-40)33-14-18-45-39(25-33)38-23-31(13-17-44(38)50-45)35-8-4-20-47-27-35/h1-27H. The molecule has 5 aromatic carbocycles. The molecule has 0 aliphatic heterocycles. The fraction of sp³-hybridized carbons (Fsp3) is 0. The first kappa shape index (κ1) is 28.6. The Bertz CT molecular complexity index is 2870. The largest absolute Gasteiger partial charge is 0.456 e. The zero-order valence-electron chi connectivity index (χ0n) is 26.7. The van der Waals surface area contributed by atoms with Gasteiger partial charge in [-0.2, -0.15) is 0 Å². The van der Waals surface area contributed by atoms with E-state index in [4.69, 9.17) is 9.40 Å². The summed E-state index contributed by atoms with van der Waals surface area (Å²) in [6.07, 6.45) is 7.43. The summed E-state index contributed by atoms with van der Waals surface area (Å²) in [6.45, 7) is 0. The molecule has 0 aliphatic rings. The molecular weight excluding hydrogens is 631 g/mol. The summed E-state index contributed by atoms with van der Waals surface area (Å²) < 4.78 is 8.84. The van der Waals surface area contributed by atoms with Crippen LogP contribution in [0.1, 0.15) is 0 Å². The molecule has 0 saturated heterocycles. The van der Waals surface area contributed by atoms with Gasteiger partial charge in [0.1, 0.15) is 11.2 Å².